The molecule has 1 saturated heterocycles. The molecule has 2 unspecified atom stereocenters. The smallest absolute Gasteiger partial charge is 0.327 e. The van der Waals surface area contributed by atoms with Crippen molar-refractivity contribution in [3.05, 3.63) is 35.4 Å². The molecule has 1 aromatic carbocycles. The molecule has 0 radical (unpaired) electrons. The van der Waals surface area contributed by atoms with E-state index in [1.54, 1.807) is 18.2 Å². The lowest BCUT2D eigenvalue weighted by atomic mass is 9.95. The van der Waals surface area contributed by atoms with Gasteiger partial charge in [0.2, 0.25) is 0 Å². The number of hydrogen-bond acceptors (Lipinski definition) is 5. The highest BCUT2D eigenvalue weighted by Crippen LogP contribution is 2.28. The van der Waals surface area contributed by atoms with E-state index in [0.29, 0.717) is 12.1 Å². The lowest BCUT2D eigenvalue weighted by Gasteiger charge is -2.36. The minimum Gasteiger partial charge on any atom is -0.468 e. The zero-order valence-electron chi connectivity index (χ0n) is 12.2. The van der Waals surface area contributed by atoms with Crippen molar-refractivity contribution >= 4 is 5.97 Å². The first-order chi connectivity index (χ1) is 10.2. The fourth-order valence-corrected chi connectivity index (χ4v) is 2.87. The quantitative estimate of drug-likeness (QED) is 0.849. The Balaban J connectivity index is 2.29. The number of aliphatic hydroxyl groups excluding tert-OH is 1. The second-order valence-corrected chi connectivity index (χ2v) is 5.35. The van der Waals surface area contributed by atoms with Crippen LogP contribution in [0, 0.1) is 17.2 Å². The van der Waals surface area contributed by atoms with Crippen LogP contribution >= 0.6 is 0 Å². The summed E-state index contributed by atoms with van der Waals surface area (Å²) in [5.41, 5.74) is 1.29. The zero-order valence-corrected chi connectivity index (χ0v) is 12.2. The van der Waals surface area contributed by atoms with Gasteiger partial charge in [-0.25, -0.2) is 4.79 Å². The summed E-state index contributed by atoms with van der Waals surface area (Å²) in [4.78, 5) is 14.2. The second kappa shape index (κ2) is 7.21. The van der Waals surface area contributed by atoms with E-state index in [9.17, 15) is 9.90 Å². The SMILES string of the molecule is COC(=O)C(c1cccc(C#N)c1)N1CCCC(CO)C1. The van der Waals surface area contributed by atoms with Crippen LogP contribution < -0.4 is 0 Å². The molecule has 112 valence electrons. The fraction of sp³-hybridized carbons (Fsp3) is 0.500. The number of hydrogen-bond donors (Lipinski definition) is 1. The van der Waals surface area contributed by atoms with E-state index in [2.05, 4.69) is 6.07 Å². The maximum Gasteiger partial charge on any atom is 0.327 e. The molecule has 1 N–H and O–H groups in total. The topological polar surface area (TPSA) is 73.6 Å². The minimum atomic E-state index is -0.516. The third-order valence-electron chi connectivity index (χ3n) is 3.93. The second-order valence-electron chi connectivity index (χ2n) is 5.35. The summed E-state index contributed by atoms with van der Waals surface area (Å²) in [7, 11) is 1.37. The third kappa shape index (κ3) is 3.60. The normalized spacial score (nSPS) is 20.5. The average molecular weight is 288 g/mol. The van der Waals surface area contributed by atoms with Crippen LogP contribution in [-0.2, 0) is 9.53 Å². The number of likely N-dealkylation sites (tertiary alicyclic amines) is 1. The summed E-state index contributed by atoms with van der Waals surface area (Å²) < 4.78 is 4.94. The van der Waals surface area contributed by atoms with Gasteiger partial charge in [0.1, 0.15) is 6.04 Å². The van der Waals surface area contributed by atoms with E-state index >= 15 is 0 Å². The molecule has 5 nitrogen and oxygen atoms in total. The number of methoxy groups -OCH3 is 1. The summed E-state index contributed by atoms with van der Waals surface area (Å²) in [6, 6.07) is 8.63. The number of carbonyl (C=O) groups is 1. The molecule has 0 aromatic heterocycles. The Bertz CT molecular complexity index is 539. The van der Waals surface area contributed by atoms with Crippen molar-refractivity contribution in [3.8, 4) is 6.07 Å². The molecule has 0 aliphatic carbocycles. The number of nitrogens with zero attached hydrogens (tertiary/aromatic N) is 2. The Morgan fingerprint density at radius 1 is 1.62 bits per heavy atom. The van der Waals surface area contributed by atoms with Crippen LogP contribution in [-0.4, -0.2) is 42.8 Å². The zero-order chi connectivity index (χ0) is 15.2. The third-order valence-corrected chi connectivity index (χ3v) is 3.93. The van der Waals surface area contributed by atoms with E-state index in [4.69, 9.17) is 10.00 Å². The molecule has 1 aromatic rings. The fourth-order valence-electron chi connectivity index (χ4n) is 2.87. The van der Waals surface area contributed by atoms with E-state index in [0.717, 1.165) is 24.9 Å². The summed E-state index contributed by atoms with van der Waals surface area (Å²) in [5, 5.41) is 18.4. The van der Waals surface area contributed by atoms with Crippen LogP contribution in [0.5, 0.6) is 0 Å². The van der Waals surface area contributed by atoms with Crippen molar-refractivity contribution in [2.45, 2.75) is 18.9 Å². The number of nitriles is 1. The van der Waals surface area contributed by atoms with Crippen LogP contribution in [0.25, 0.3) is 0 Å². The first kappa shape index (κ1) is 15.5. The van der Waals surface area contributed by atoms with Crippen LogP contribution in [0.3, 0.4) is 0 Å². The molecule has 0 saturated carbocycles. The van der Waals surface area contributed by atoms with Gasteiger partial charge >= 0.3 is 5.97 Å². The summed E-state index contributed by atoms with van der Waals surface area (Å²) >= 11 is 0. The molecule has 1 aliphatic heterocycles. The summed E-state index contributed by atoms with van der Waals surface area (Å²) in [6.07, 6.45) is 1.91. The first-order valence-electron chi connectivity index (χ1n) is 7.12. The van der Waals surface area contributed by atoms with E-state index in [1.807, 2.05) is 11.0 Å². The molecular weight excluding hydrogens is 268 g/mol. The van der Waals surface area contributed by atoms with Gasteiger partial charge < -0.3 is 9.84 Å². The van der Waals surface area contributed by atoms with Crippen molar-refractivity contribution < 1.29 is 14.6 Å². The monoisotopic (exact) mass is 288 g/mol. The highest BCUT2D eigenvalue weighted by Gasteiger charge is 2.32. The Labute approximate surface area is 124 Å². The van der Waals surface area contributed by atoms with Gasteiger partial charge in [-0.2, -0.15) is 5.26 Å². The largest absolute Gasteiger partial charge is 0.468 e. The molecular formula is C16H20N2O3. The number of ether oxygens (including phenoxy) is 1. The van der Waals surface area contributed by atoms with Crippen LogP contribution in [0.1, 0.15) is 30.0 Å². The van der Waals surface area contributed by atoms with Gasteiger partial charge in [0.25, 0.3) is 0 Å². The maximum absolute atomic E-state index is 12.2. The lowest BCUT2D eigenvalue weighted by Crippen LogP contribution is -2.42. The average Bonchev–Trinajstić information content (AvgIpc) is 2.55. The van der Waals surface area contributed by atoms with Gasteiger partial charge in [-0.3, -0.25) is 4.90 Å². The van der Waals surface area contributed by atoms with Crippen LogP contribution in [0.15, 0.2) is 24.3 Å². The van der Waals surface area contributed by atoms with Gasteiger partial charge in [0, 0.05) is 13.2 Å². The van der Waals surface area contributed by atoms with Gasteiger partial charge in [-0.1, -0.05) is 12.1 Å². The molecule has 2 rings (SSSR count). The van der Waals surface area contributed by atoms with E-state index < -0.39 is 6.04 Å². The Morgan fingerprint density at radius 3 is 3.10 bits per heavy atom. The molecule has 1 aliphatic rings. The molecule has 0 spiro atoms. The molecule has 1 heterocycles. The van der Waals surface area contributed by atoms with E-state index in [-0.39, 0.29) is 18.5 Å². The van der Waals surface area contributed by atoms with Crippen molar-refractivity contribution in [1.29, 1.82) is 5.26 Å². The number of aliphatic hydroxyl groups is 1. The summed E-state index contributed by atoms with van der Waals surface area (Å²) in [5.74, 6) is -0.145. The number of benzene rings is 1. The van der Waals surface area contributed by atoms with Crippen molar-refractivity contribution in [2.75, 3.05) is 26.8 Å². The van der Waals surface area contributed by atoms with Crippen molar-refractivity contribution in [1.82, 2.24) is 4.90 Å². The number of esters is 1. The number of carbonyl (C=O) groups excluding carboxylic acids is 1. The Morgan fingerprint density at radius 2 is 2.43 bits per heavy atom. The van der Waals surface area contributed by atoms with Crippen LogP contribution in [0.2, 0.25) is 0 Å². The molecule has 21 heavy (non-hydrogen) atoms. The Hall–Kier alpha value is -1.90. The molecule has 0 amide bonds. The van der Waals surface area contributed by atoms with Crippen molar-refractivity contribution in [2.24, 2.45) is 5.92 Å². The van der Waals surface area contributed by atoms with Crippen molar-refractivity contribution in [3.63, 3.8) is 0 Å². The molecule has 1 fully saturated rings. The molecule has 5 heteroatoms. The Kier molecular flexibility index (Phi) is 5.32. The predicted octanol–water partition coefficient (Wildman–Crippen LogP) is 1.48. The predicted molar refractivity (Wildman–Crippen MR) is 77.3 cm³/mol. The van der Waals surface area contributed by atoms with E-state index in [1.165, 1.54) is 7.11 Å². The highest BCUT2D eigenvalue weighted by atomic mass is 16.5. The summed E-state index contributed by atoms with van der Waals surface area (Å²) in [6.45, 7) is 1.57. The molecule has 0 bridgehead atoms. The first-order valence-corrected chi connectivity index (χ1v) is 7.12. The van der Waals surface area contributed by atoms with Gasteiger partial charge in [-0.05, 0) is 43.0 Å². The maximum atomic E-state index is 12.2. The van der Waals surface area contributed by atoms with Gasteiger partial charge in [-0.15, -0.1) is 0 Å². The number of rotatable bonds is 4. The van der Waals surface area contributed by atoms with Gasteiger partial charge in [0.05, 0.1) is 18.7 Å². The number of piperidine rings is 1. The standard InChI is InChI=1S/C16H20N2O3/c1-21-16(20)15(14-6-2-4-12(8-14)9-17)18-7-3-5-13(10-18)11-19/h2,4,6,8,13,15,19H,3,5,7,10-11H2,1H3. The highest BCUT2D eigenvalue weighted by molar-refractivity contribution is 5.77. The van der Waals surface area contributed by atoms with Gasteiger partial charge in [0.15, 0.2) is 0 Å². The van der Waals surface area contributed by atoms with Crippen LogP contribution in [0.4, 0.5) is 0 Å². The molecule has 2 atom stereocenters. The lowest BCUT2D eigenvalue weighted by molar-refractivity contribution is -0.148. The minimum absolute atomic E-state index is 0.128.